The maximum atomic E-state index is 5.91. The Labute approximate surface area is 143 Å². The van der Waals surface area contributed by atoms with E-state index in [2.05, 4.69) is 25.7 Å². The molecule has 0 bridgehead atoms. The lowest BCUT2D eigenvalue weighted by Gasteiger charge is -2.33. The van der Waals surface area contributed by atoms with E-state index in [0.717, 1.165) is 58.7 Å². The first-order valence-electron chi connectivity index (χ1n) is 9.48. The highest BCUT2D eigenvalue weighted by atomic mass is 28.3. The van der Waals surface area contributed by atoms with Gasteiger partial charge in [0.15, 0.2) is 0 Å². The van der Waals surface area contributed by atoms with Gasteiger partial charge in [0.1, 0.15) is 12.5 Å². The molecule has 0 aromatic rings. The minimum absolute atomic E-state index is 0.264. The Morgan fingerprint density at radius 3 is 2.04 bits per heavy atom. The molecule has 6 heteroatoms. The van der Waals surface area contributed by atoms with Crippen LogP contribution in [0.15, 0.2) is 0 Å². The fourth-order valence-electron chi connectivity index (χ4n) is 3.55. The molecule has 0 amide bonds. The summed E-state index contributed by atoms with van der Waals surface area (Å²) in [5.74, 6) is 0. The molecule has 5 nitrogen and oxygen atoms in total. The molecule has 0 aromatic heterocycles. The minimum Gasteiger partial charge on any atom is -0.397 e. The lowest BCUT2D eigenvalue weighted by Crippen LogP contribution is -2.43. The van der Waals surface area contributed by atoms with Crippen LogP contribution in [-0.4, -0.2) is 59.6 Å². The average Bonchev–Trinajstić information content (AvgIpc) is 3.24. The van der Waals surface area contributed by atoms with Gasteiger partial charge < -0.3 is 18.3 Å². The van der Waals surface area contributed by atoms with Crippen LogP contribution < -0.4 is 0 Å². The van der Waals surface area contributed by atoms with Crippen LogP contribution >= 0.6 is 0 Å². The summed E-state index contributed by atoms with van der Waals surface area (Å²) in [5.41, 5.74) is 0.547. The van der Waals surface area contributed by atoms with Crippen molar-refractivity contribution in [2.45, 2.75) is 77.3 Å². The van der Waals surface area contributed by atoms with Crippen LogP contribution in [-0.2, 0) is 18.3 Å². The monoisotopic (exact) mass is 345 g/mol. The maximum absolute atomic E-state index is 5.91. The molecular weight excluding hydrogens is 310 g/mol. The summed E-state index contributed by atoms with van der Waals surface area (Å²) < 4.78 is 23.5. The highest BCUT2D eigenvalue weighted by molar-refractivity contribution is 6.46. The molecule has 2 fully saturated rings. The van der Waals surface area contributed by atoms with Crippen LogP contribution in [0.3, 0.4) is 0 Å². The van der Waals surface area contributed by atoms with Gasteiger partial charge in [-0.1, -0.05) is 6.92 Å². The van der Waals surface area contributed by atoms with E-state index in [1.807, 2.05) is 0 Å². The van der Waals surface area contributed by atoms with Crippen LogP contribution in [0.25, 0.3) is 0 Å². The lowest BCUT2D eigenvalue weighted by atomic mass is 10.2. The molecule has 2 saturated heterocycles. The quantitative estimate of drug-likeness (QED) is 0.538. The van der Waals surface area contributed by atoms with E-state index in [1.54, 1.807) is 0 Å². The minimum atomic E-state index is -1.53. The molecule has 3 unspecified atom stereocenters. The summed E-state index contributed by atoms with van der Waals surface area (Å²) in [6, 6.07) is 0. The Hall–Kier alpha value is 0.0169. The zero-order valence-corrected chi connectivity index (χ0v) is 16.3. The van der Waals surface area contributed by atoms with Gasteiger partial charge in [-0.05, 0) is 57.9 Å². The summed E-state index contributed by atoms with van der Waals surface area (Å²) in [5, 5.41) is 0. The summed E-state index contributed by atoms with van der Waals surface area (Å²) in [7, 11) is -1.53. The first-order chi connectivity index (χ1) is 11.3. The lowest BCUT2D eigenvalue weighted by molar-refractivity contribution is -0.117. The second kappa shape index (κ2) is 10.8. The molecule has 0 aliphatic carbocycles. The van der Waals surface area contributed by atoms with Gasteiger partial charge in [-0.2, -0.15) is 0 Å². The molecule has 0 spiro atoms. The van der Waals surface area contributed by atoms with E-state index in [-0.39, 0.29) is 12.5 Å². The molecule has 2 rings (SSSR count). The Morgan fingerprint density at radius 1 is 1.04 bits per heavy atom. The third kappa shape index (κ3) is 6.10. The Bertz CT molecular complexity index is 287. The predicted molar refractivity (Wildman–Crippen MR) is 93.7 cm³/mol. The van der Waals surface area contributed by atoms with Gasteiger partial charge in [-0.15, -0.1) is 0 Å². The molecule has 2 heterocycles. The van der Waals surface area contributed by atoms with Gasteiger partial charge in [-0.25, -0.2) is 0 Å². The van der Waals surface area contributed by atoms with Crippen molar-refractivity contribution < 1.29 is 18.3 Å². The van der Waals surface area contributed by atoms with Gasteiger partial charge in [0.05, 0.1) is 0 Å². The van der Waals surface area contributed by atoms with E-state index in [9.17, 15) is 0 Å². The second-order valence-electron chi connectivity index (χ2n) is 6.57. The Balaban J connectivity index is 1.78. The zero-order chi connectivity index (χ0) is 16.5. The van der Waals surface area contributed by atoms with Crippen molar-refractivity contribution in [3.63, 3.8) is 0 Å². The summed E-state index contributed by atoms with van der Waals surface area (Å²) in [4.78, 5) is 2.46. The van der Waals surface area contributed by atoms with Crippen LogP contribution in [0.4, 0.5) is 0 Å². The largest absolute Gasteiger partial charge is 0.397 e. The van der Waals surface area contributed by atoms with E-state index < -0.39 is 9.28 Å². The zero-order valence-electron chi connectivity index (χ0n) is 15.2. The molecule has 2 aliphatic heterocycles. The third-order valence-electron chi connectivity index (χ3n) is 4.75. The number of nitrogens with zero attached hydrogens (tertiary/aromatic N) is 1. The van der Waals surface area contributed by atoms with Crippen molar-refractivity contribution in [3.05, 3.63) is 0 Å². The molecule has 3 atom stereocenters. The molecule has 2 aliphatic rings. The molecule has 0 N–H and O–H groups in total. The number of rotatable bonds is 11. The predicted octanol–water partition coefficient (Wildman–Crippen LogP) is 3.03. The molecular formula is C17H35NO4Si. The molecule has 0 saturated carbocycles. The number of hydrogen-bond acceptors (Lipinski definition) is 5. The number of ether oxygens (including phenoxy) is 2. The Kier molecular flexibility index (Phi) is 9.08. The number of hydrogen-bond donors (Lipinski definition) is 0. The molecule has 0 radical (unpaired) electrons. The normalized spacial score (nSPS) is 26.5. The molecule has 136 valence electrons. The first kappa shape index (κ1) is 19.3. The first-order valence-corrected chi connectivity index (χ1v) is 11.1. The third-order valence-corrected chi connectivity index (χ3v) is 7.34. The van der Waals surface area contributed by atoms with Crippen molar-refractivity contribution in [2.75, 3.05) is 33.0 Å². The average molecular weight is 346 g/mol. The van der Waals surface area contributed by atoms with Crippen molar-refractivity contribution >= 4 is 9.28 Å². The van der Waals surface area contributed by atoms with Crippen molar-refractivity contribution in [2.24, 2.45) is 0 Å². The van der Waals surface area contributed by atoms with Crippen molar-refractivity contribution in [1.29, 1.82) is 0 Å². The summed E-state index contributed by atoms with van der Waals surface area (Å²) >= 11 is 0. The van der Waals surface area contributed by atoms with Gasteiger partial charge in [0.2, 0.25) is 0 Å². The van der Waals surface area contributed by atoms with E-state index in [1.165, 1.54) is 12.8 Å². The fourth-order valence-corrected chi connectivity index (χ4v) is 5.47. The fraction of sp³-hybridized carbons (Fsp3) is 1.00. The standard InChI is InChI=1S/C17H35NO4Si/c1-4-21-23(22-5-2)15(3)9-6-12-18(16-10-7-13-19-16)17-11-8-14-20-17/h15-17,23H,4-14H2,1-3H3. The second-order valence-corrected chi connectivity index (χ2v) is 9.11. The molecule has 23 heavy (non-hydrogen) atoms. The van der Waals surface area contributed by atoms with Gasteiger partial charge >= 0.3 is 9.28 Å². The topological polar surface area (TPSA) is 40.2 Å². The van der Waals surface area contributed by atoms with Gasteiger partial charge in [0, 0.05) is 33.0 Å². The summed E-state index contributed by atoms with van der Waals surface area (Å²) in [6.45, 7) is 10.8. The van der Waals surface area contributed by atoms with E-state index in [0.29, 0.717) is 5.54 Å². The van der Waals surface area contributed by atoms with E-state index in [4.69, 9.17) is 18.3 Å². The SMILES string of the molecule is CCO[SiH](OCC)C(C)CCCN(C1CCCO1)C1CCCO1. The highest BCUT2D eigenvalue weighted by Crippen LogP contribution is 2.26. The summed E-state index contributed by atoms with van der Waals surface area (Å²) in [6.07, 6.45) is 7.48. The Morgan fingerprint density at radius 2 is 1.61 bits per heavy atom. The van der Waals surface area contributed by atoms with Crippen LogP contribution in [0.5, 0.6) is 0 Å². The van der Waals surface area contributed by atoms with Gasteiger partial charge in [0.25, 0.3) is 0 Å². The molecule has 0 aromatic carbocycles. The van der Waals surface area contributed by atoms with Gasteiger partial charge in [-0.3, -0.25) is 4.90 Å². The van der Waals surface area contributed by atoms with Crippen LogP contribution in [0.2, 0.25) is 5.54 Å². The maximum Gasteiger partial charge on any atom is 0.324 e. The van der Waals surface area contributed by atoms with Crippen molar-refractivity contribution in [3.8, 4) is 0 Å². The van der Waals surface area contributed by atoms with E-state index >= 15 is 0 Å². The van der Waals surface area contributed by atoms with Crippen LogP contribution in [0, 0.1) is 0 Å². The van der Waals surface area contributed by atoms with Crippen molar-refractivity contribution in [1.82, 2.24) is 4.90 Å². The smallest absolute Gasteiger partial charge is 0.324 e. The van der Waals surface area contributed by atoms with Crippen LogP contribution in [0.1, 0.15) is 59.3 Å². The highest BCUT2D eigenvalue weighted by Gasteiger charge is 2.32.